The van der Waals surface area contributed by atoms with Crippen molar-refractivity contribution >= 4 is 20.2 Å². The molecule has 0 aliphatic carbocycles. The van der Waals surface area contributed by atoms with Crippen LogP contribution in [0, 0.1) is 0 Å². The largest absolute Gasteiger partial charge is 0.697 e. The number of esters is 2. The normalized spacial score (nSPS) is 9.60. The molecule has 0 radical (unpaired) electrons. The van der Waals surface area contributed by atoms with E-state index in [4.69, 9.17) is 9.05 Å². The summed E-state index contributed by atoms with van der Waals surface area (Å²) in [7, 11) is -2.22. The van der Waals surface area contributed by atoms with Gasteiger partial charge in [-0.3, -0.25) is 0 Å². The Morgan fingerprint density at radius 3 is 1.60 bits per heavy atom. The van der Waals surface area contributed by atoms with Gasteiger partial charge in [0.05, 0.1) is 13.2 Å². The molecule has 0 heterocycles. The lowest BCUT2D eigenvalue weighted by Gasteiger charge is -1.99. The molecule has 0 aromatic rings. The molecule has 0 N–H and O–H groups in total. The summed E-state index contributed by atoms with van der Waals surface area (Å²) in [5.74, 6) is -1.03. The summed E-state index contributed by atoms with van der Waals surface area (Å²) < 4.78 is 30.3. The van der Waals surface area contributed by atoms with Crippen molar-refractivity contribution in [2.24, 2.45) is 0 Å². The molecule has 0 rings (SSSR count). The van der Waals surface area contributed by atoms with Crippen LogP contribution >= 0.6 is 8.25 Å². The molecular formula is C12H18O7P+. The highest BCUT2D eigenvalue weighted by Gasteiger charge is 2.19. The van der Waals surface area contributed by atoms with Gasteiger partial charge >= 0.3 is 20.2 Å². The van der Waals surface area contributed by atoms with Gasteiger partial charge in [0.25, 0.3) is 0 Å². The van der Waals surface area contributed by atoms with E-state index in [1.807, 2.05) is 0 Å². The zero-order valence-corrected chi connectivity index (χ0v) is 12.0. The van der Waals surface area contributed by atoms with E-state index < -0.39 is 20.2 Å². The fourth-order valence-electron chi connectivity index (χ4n) is 0.897. The molecule has 0 aromatic carbocycles. The van der Waals surface area contributed by atoms with Crippen LogP contribution in [0.2, 0.25) is 0 Å². The van der Waals surface area contributed by atoms with Crippen LogP contribution in [-0.2, 0) is 32.7 Å². The van der Waals surface area contributed by atoms with Crippen LogP contribution < -0.4 is 0 Å². The van der Waals surface area contributed by atoms with Gasteiger partial charge in [-0.1, -0.05) is 13.2 Å². The van der Waals surface area contributed by atoms with Gasteiger partial charge < -0.3 is 9.47 Å². The highest BCUT2D eigenvalue weighted by Crippen LogP contribution is 2.23. The minimum absolute atomic E-state index is 0.144. The minimum atomic E-state index is -2.22. The minimum Gasteiger partial charge on any atom is -0.462 e. The SMILES string of the molecule is C=CC(=O)OCCCO[P+](=O)OCCCOC(=O)C=C. The molecule has 0 saturated carbocycles. The Morgan fingerprint density at radius 2 is 1.25 bits per heavy atom. The Bertz CT molecular complexity index is 322. The van der Waals surface area contributed by atoms with E-state index >= 15 is 0 Å². The Hall–Kier alpha value is -1.56. The van der Waals surface area contributed by atoms with Crippen molar-refractivity contribution in [3.8, 4) is 0 Å². The van der Waals surface area contributed by atoms with Gasteiger partial charge in [0.1, 0.15) is 13.2 Å². The van der Waals surface area contributed by atoms with E-state index in [1.54, 1.807) is 0 Å². The maximum Gasteiger partial charge on any atom is 0.697 e. The maximum atomic E-state index is 11.2. The van der Waals surface area contributed by atoms with Crippen molar-refractivity contribution in [3.63, 3.8) is 0 Å². The fraction of sp³-hybridized carbons (Fsp3) is 0.500. The average molecular weight is 305 g/mol. The van der Waals surface area contributed by atoms with Crippen molar-refractivity contribution < 1.29 is 32.7 Å². The molecular weight excluding hydrogens is 287 g/mol. The van der Waals surface area contributed by atoms with Gasteiger partial charge in [0.2, 0.25) is 0 Å². The number of hydrogen-bond donors (Lipinski definition) is 0. The first-order chi connectivity index (χ1) is 9.60. The molecule has 0 amide bonds. The maximum absolute atomic E-state index is 11.2. The van der Waals surface area contributed by atoms with E-state index in [2.05, 4.69) is 22.6 Å². The lowest BCUT2D eigenvalue weighted by molar-refractivity contribution is -0.138. The monoisotopic (exact) mass is 305 g/mol. The molecule has 0 bridgehead atoms. The van der Waals surface area contributed by atoms with Gasteiger partial charge in [-0.25, -0.2) is 9.59 Å². The number of ether oxygens (including phenoxy) is 2. The predicted molar refractivity (Wildman–Crippen MR) is 71.1 cm³/mol. The fourth-order valence-corrected chi connectivity index (χ4v) is 1.53. The Morgan fingerprint density at radius 1 is 0.850 bits per heavy atom. The van der Waals surface area contributed by atoms with Gasteiger partial charge in [0.15, 0.2) is 0 Å². The Kier molecular flexibility index (Phi) is 11.5. The number of carbonyl (C=O) groups is 2. The van der Waals surface area contributed by atoms with E-state index in [9.17, 15) is 14.2 Å². The molecule has 8 heteroatoms. The van der Waals surface area contributed by atoms with Crippen molar-refractivity contribution in [2.75, 3.05) is 26.4 Å². The molecule has 7 nitrogen and oxygen atoms in total. The first-order valence-corrected chi connectivity index (χ1v) is 7.01. The van der Waals surface area contributed by atoms with Crippen molar-refractivity contribution in [3.05, 3.63) is 25.3 Å². The van der Waals surface area contributed by atoms with E-state index in [-0.39, 0.29) is 26.4 Å². The molecule has 0 saturated heterocycles. The van der Waals surface area contributed by atoms with Gasteiger partial charge in [-0.15, -0.1) is 9.05 Å². The predicted octanol–water partition coefficient (Wildman–Crippen LogP) is 1.92. The van der Waals surface area contributed by atoms with E-state index in [0.29, 0.717) is 12.8 Å². The molecule has 0 aliphatic heterocycles. The summed E-state index contributed by atoms with van der Waals surface area (Å²) in [6.45, 7) is 7.09. The molecule has 0 unspecified atom stereocenters. The lowest BCUT2D eigenvalue weighted by atomic mass is 10.5. The van der Waals surface area contributed by atoms with Crippen LogP contribution in [0.15, 0.2) is 25.3 Å². The summed E-state index contributed by atoms with van der Waals surface area (Å²) in [4.78, 5) is 21.4. The standard InChI is InChI=1S/C12H18O7P/c1-3-11(13)16-7-5-9-18-20(15)19-10-6-8-17-12(14)4-2/h3-4H,1-2,5-10H2/q+1. The second-order valence-electron chi connectivity index (χ2n) is 3.34. The van der Waals surface area contributed by atoms with Crippen LogP contribution in [0.3, 0.4) is 0 Å². The lowest BCUT2D eigenvalue weighted by Crippen LogP contribution is -2.05. The second-order valence-corrected chi connectivity index (χ2v) is 4.30. The first-order valence-electron chi connectivity index (χ1n) is 5.91. The quantitative estimate of drug-likeness (QED) is 0.235. The summed E-state index contributed by atoms with van der Waals surface area (Å²) in [6, 6.07) is 0. The van der Waals surface area contributed by atoms with Crippen LogP contribution in [0.5, 0.6) is 0 Å². The van der Waals surface area contributed by atoms with Gasteiger partial charge in [0, 0.05) is 29.6 Å². The van der Waals surface area contributed by atoms with Crippen molar-refractivity contribution in [1.29, 1.82) is 0 Å². The highest BCUT2D eigenvalue weighted by molar-refractivity contribution is 7.33. The Balaban J connectivity index is 3.37. The Labute approximate surface area is 118 Å². The molecule has 0 spiro atoms. The third-order valence-corrected chi connectivity index (χ3v) is 2.58. The van der Waals surface area contributed by atoms with Gasteiger partial charge in [-0.2, -0.15) is 0 Å². The zero-order chi connectivity index (χ0) is 15.2. The summed E-state index contributed by atoms with van der Waals surface area (Å²) in [6.07, 6.45) is 2.93. The number of rotatable bonds is 12. The molecule has 0 atom stereocenters. The van der Waals surface area contributed by atoms with E-state index in [1.165, 1.54) is 0 Å². The van der Waals surface area contributed by atoms with Crippen LogP contribution in [0.25, 0.3) is 0 Å². The summed E-state index contributed by atoms with van der Waals surface area (Å²) >= 11 is 0. The molecule has 0 aliphatic rings. The zero-order valence-electron chi connectivity index (χ0n) is 11.1. The molecule has 0 fully saturated rings. The number of carbonyl (C=O) groups excluding carboxylic acids is 2. The highest BCUT2D eigenvalue weighted by atomic mass is 31.1. The van der Waals surface area contributed by atoms with Crippen molar-refractivity contribution in [1.82, 2.24) is 0 Å². The second kappa shape index (κ2) is 12.5. The first kappa shape index (κ1) is 18.4. The molecule has 0 aromatic heterocycles. The van der Waals surface area contributed by atoms with Crippen LogP contribution in [0.1, 0.15) is 12.8 Å². The smallest absolute Gasteiger partial charge is 0.462 e. The van der Waals surface area contributed by atoms with Crippen LogP contribution in [0.4, 0.5) is 0 Å². The summed E-state index contributed by atoms with van der Waals surface area (Å²) in [5, 5.41) is 0. The molecule has 20 heavy (non-hydrogen) atoms. The third kappa shape index (κ3) is 11.5. The summed E-state index contributed by atoms with van der Waals surface area (Å²) in [5.41, 5.74) is 0. The van der Waals surface area contributed by atoms with Crippen LogP contribution in [-0.4, -0.2) is 38.4 Å². The average Bonchev–Trinajstić information content (AvgIpc) is 2.45. The topological polar surface area (TPSA) is 88.1 Å². The third-order valence-electron chi connectivity index (χ3n) is 1.79. The molecule has 112 valence electrons. The number of hydrogen-bond acceptors (Lipinski definition) is 7. The van der Waals surface area contributed by atoms with Crippen molar-refractivity contribution in [2.45, 2.75) is 12.8 Å². The van der Waals surface area contributed by atoms with E-state index in [0.717, 1.165) is 12.2 Å². The van der Waals surface area contributed by atoms with Gasteiger partial charge in [-0.05, 0) is 0 Å².